The second-order valence-electron chi connectivity index (χ2n) is 4.16. The van der Waals surface area contributed by atoms with Crippen LogP contribution in [-0.4, -0.2) is 31.2 Å². The number of carbonyl (C=O) groups excluding carboxylic acids is 1. The number of fused-ring (bicyclic) bond motifs is 1. The smallest absolute Gasteiger partial charge is 0.184 e. The van der Waals surface area contributed by atoms with Gasteiger partial charge in [0, 0.05) is 22.7 Å². The van der Waals surface area contributed by atoms with Gasteiger partial charge in [-0.15, -0.1) is 0 Å². The Labute approximate surface area is 113 Å². The van der Waals surface area contributed by atoms with Crippen molar-refractivity contribution in [3.05, 3.63) is 42.4 Å². The Balaban J connectivity index is 1.87. The standard InChI is InChI=1S/C13H12N4OS/c1-8(19-13-15-7-16-17-13)12(18)10-6-14-11-5-3-2-4-9(10)11/h2-8,14H,1H3,(H,15,16,17)/t8-/m0/s1. The van der Waals surface area contributed by atoms with Crippen molar-refractivity contribution in [1.82, 2.24) is 20.2 Å². The maximum atomic E-state index is 12.4. The lowest BCUT2D eigenvalue weighted by Gasteiger charge is -2.06. The fourth-order valence-electron chi connectivity index (χ4n) is 1.97. The van der Waals surface area contributed by atoms with Gasteiger partial charge < -0.3 is 4.98 Å². The van der Waals surface area contributed by atoms with Crippen molar-refractivity contribution < 1.29 is 4.79 Å². The SMILES string of the molecule is C[C@H](Sc1ncn[nH]1)C(=O)c1c[nH]c2ccccc12. The van der Waals surface area contributed by atoms with Crippen molar-refractivity contribution in [3.8, 4) is 0 Å². The summed E-state index contributed by atoms with van der Waals surface area (Å²) < 4.78 is 0. The summed E-state index contributed by atoms with van der Waals surface area (Å²) in [6.45, 7) is 1.87. The molecule has 0 bridgehead atoms. The van der Waals surface area contributed by atoms with Gasteiger partial charge >= 0.3 is 0 Å². The Morgan fingerprint density at radius 1 is 1.37 bits per heavy atom. The largest absolute Gasteiger partial charge is 0.360 e. The summed E-state index contributed by atoms with van der Waals surface area (Å²) >= 11 is 1.37. The minimum atomic E-state index is -0.216. The number of thioether (sulfide) groups is 1. The average molecular weight is 272 g/mol. The van der Waals surface area contributed by atoms with Crippen molar-refractivity contribution >= 4 is 28.4 Å². The first-order chi connectivity index (χ1) is 9.25. The number of carbonyl (C=O) groups is 1. The molecule has 1 aromatic carbocycles. The molecule has 2 N–H and O–H groups in total. The highest BCUT2D eigenvalue weighted by molar-refractivity contribution is 8.00. The lowest BCUT2D eigenvalue weighted by atomic mass is 10.1. The first kappa shape index (κ1) is 12.0. The zero-order valence-electron chi connectivity index (χ0n) is 10.3. The van der Waals surface area contributed by atoms with Gasteiger partial charge in [-0.3, -0.25) is 9.89 Å². The number of aromatic nitrogens is 4. The molecule has 1 atom stereocenters. The van der Waals surface area contributed by atoms with Crippen LogP contribution in [0.5, 0.6) is 0 Å². The van der Waals surface area contributed by atoms with E-state index in [0.29, 0.717) is 5.16 Å². The van der Waals surface area contributed by atoms with Crippen LogP contribution in [0.25, 0.3) is 10.9 Å². The highest BCUT2D eigenvalue weighted by Crippen LogP contribution is 2.25. The van der Waals surface area contributed by atoms with Crippen LogP contribution < -0.4 is 0 Å². The molecule has 0 spiro atoms. The van der Waals surface area contributed by atoms with Crippen LogP contribution in [0.3, 0.4) is 0 Å². The van der Waals surface area contributed by atoms with E-state index in [1.54, 1.807) is 6.20 Å². The normalized spacial score (nSPS) is 12.7. The number of benzene rings is 1. The number of aromatic amines is 2. The lowest BCUT2D eigenvalue weighted by Crippen LogP contribution is -2.13. The van der Waals surface area contributed by atoms with Crippen LogP contribution in [0.4, 0.5) is 0 Å². The molecule has 5 nitrogen and oxygen atoms in total. The summed E-state index contributed by atoms with van der Waals surface area (Å²) in [5.74, 6) is 0.0823. The van der Waals surface area contributed by atoms with Gasteiger partial charge in [0.05, 0.1) is 5.25 Å². The molecule has 3 aromatic rings. The number of H-pyrrole nitrogens is 2. The first-order valence-electron chi connectivity index (χ1n) is 5.88. The molecular weight excluding hydrogens is 260 g/mol. The van der Waals surface area contributed by atoms with E-state index in [9.17, 15) is 4.79 Å². The minimum Gasteiger partial charge on any atom is -0.360 e. The van der Waals surface area contributed by atoms with Crippen molar-refractivity contribution in [2.45, 2.75) is 17.3 Å². The summed E-state index contributed by atoms with van der Waals surface area (Å²) in [6.07, 6.45) is 3.20. The second kappa shape index (κ2) is 4.89. The number of hydrogen-bond donors (Lipinski definition) is 2. The monoisotopic (exact) mass is 272 g/mol. The number of nitrogens with zero attached hydrogens (tertiary/aromatic N) is 2. The van der Waals surface area contributed by atoms with Gasteiger partial charge in [-0.2, -0.15) is 5.10 Å². The van der Waals surface area contributed by atoms with E-state index in [0.717, 1.165) is 16.5 Å². The average Bonchev–Trinajstić information content (AvgIpc) is 3.06. The highest BCUT2D eigenvalue weighted by Gasteiger charge is 2.20. The molecule has 3 rings (SSSR count). The van der Waals surface area contributed by atoms with E-state index in [2.05, 4.69) is 20.2 Å². The molecule has 0 saturated heterocycles. The summed E-state index contributed by atoms with van der Waals surface area (Å²) in [7, 11) is 0. The predicted octanol–water partition coefficient (Wildman–Crippen LogP) is 2.65. The van der Waals surface area contributed by atoms with Crippen molar-refractivity contribution in [1.29, 1.82) is 0 Å². The Morgan fingerprint density at radius 2 is 2.21 bits per heavy atom. The Hall–Kier alpha value is -2.08. The topological polar surface area (TPSA) is 74.4 Å². The third kappa shape index (κ3) is 2.26. The molecule has 6 heteroatoms. The zero-order valence-corrected chi connectivity index (χ0v) is 11.1. The molecule has 0 amide bonds. The molecular formula is C13H12N4OS. The Bertz CT molecular complexity index is 704. The van der Waals surface area contributed by atoms with Crippen LogP contribution in [0.2, 0.25) is 0 Å². The number of nitrogens with one attached hydrogen (secondary N) is 2. The summed E-state index contributed by atoms with van der Waals surface area (Å²) in [4.78, 5) is 19.6. The van der Waals surface area contributed by atoms with Crippen molar-refractivity contribution in [2.24, 2.45) is 0 Å². The van der Waals surface area contributed by atoms with Crippen molar-refractivity contribution in [3.63, 3.8) is 0 Å². The molecule has 0 aliphatic carbocycles. The van der Waals surface area contributed by atoms with Gasteiger partial charge in [0.25, 0.3) is 0 Å². The Kier molecular flexibility index (Phi) is 3.08. The second-order valence-corrected chi connectivity index (χ2v) is 5.49. The first-order valence-corrected chi connectivity index (χ1v) is 6.76. The Morgan fingerprint density at radius 3 is 3.00 bits per heavy atom. The molecule has 0 radical (unpaired) electrons. The molecule has 0 fully saturated rings. The lowest BCUT2D eigenvalue weighted by molar-refractivity contribution is 0.0995. The van der Waals surface area contributed by atoms with Crippen LogP contribution in [-0.2, 0) is 0 Å². The van der Waals surface area contributed by atoms with E-state index >= 15 is 0 Å². The van der Waals surface area contributed by atoms with E-state index in [1.165, 1.54) is 18.1 Å². The molecule has 96 valence electrons. The molecule has 0 saturated carbocycles. The van der Waals surface area contributed by atoms with Crippen LogP contribution in [0, 0.1) is 0 Å². The summed E-state index contributed by atoms with van der Waals surface area (Å²) in [6, 6.07) is 7.78. The van der Waals surface area contributed by atoms with Crippen LogP contribution in [0.1, 0.15) is 17.3 Å². The number of Topliss-reactive ketones (excluding diaryl/α,β-unsaturated/α-hetero) is 1. The fourth-order valence-corrected chi connectivity index (χ4v) is 2.75. The van der Waals surface area contributed by atoms with Gasteiger partial charge in [-0.1, -0.05) is 30.0 Å². The molecule has 0 unspecified atom stereocenters. The molecule has 2 aromatic heterocycles. The molecule has 19 heavy (non-hydrogen) atoms. The third-order valence-corrected chi connectivity index (χ3v) is 3.89. The van der Waals surface area contributed by atoms with Gasteiger partial charge in [0.15, 0.2) is 10.9 Å². The zero-order chi connectivity index (χ0) is 13.2. The van der Waals surface area contributed by atoms with E-state index < -0.39 is 0 Å². The fraction of sp³-hybridized carbons (Fsp3) is 0.154. The number of ketones is 1. The quantitative estimate of drug-likeness (QED) is 0.565. The van der Waals surface area contributed by atoms with E-state index in [-0.39, 0.29) is 11.0 Å². The number of hydrogen-bond acceptors (Lipinski definition) is 4. The maximum absolute atomic E-state index is 12.4. The van der Waals surface area contributed by atoms with E-state index in [1.807, 2.05) is 31.2 Å². The van der Waals surface area contributed by atoms with E-state index in [4.69, 9.17) is 0 Å². The van der Waals surface area contributed by atoms with Crippen LogP contribution >= 0.6 is 11.8 Å². The minimum absolute atomic E-state index is 0.0823. The van der Waals surface area contributed by atoms with Gasteiger partial charge in [0.2, 0.25) is 0 Å². The van der Waals surface area contributed by atoms with Crippen LogP contribution in [0.15, 0.2) is 41.9 Å². The van der Waals surface area contributed by atoms with Gasteiger partial charge in [0.1, 0.15) is 6.33 Å². The third-order valence-electron chi connectivity index (χ3n) is 2.91. The maximum Gasteiger partial charge on any atom is 0.184 e. The van der Waals surface area contributed by atoms with Gasteiger partial charge in [-0.05, 0) is 13.0 Å². The molecule has 0 aliphatic heterocycles. The molecule has 2 heterocycles. The number of rotatable bonds is 4. The summed E-state index contributed by atoms with van der Waals surface area (Å²) in [5.41, 5.74) is 1.69. The van der Waals surface area contributed by atoms with Crippen molar-refractivity contribution in [2.75, 3.05) is 0 Å². The molecule has 0 aliphatic rings. The predicted molar refractivity (Wildman–Crippen MR) is 74.3 cm³/mol. The number of para-hydroxylation sites is 1. The van der Waals surface area contributed by atoms with Gasteiger partial charge in [-0.25, -0.2) is 4.98 Å². The summed E-state index contributed by atoms with van der Waals surface area (Å²) in [5, 5.41) is 7.91. The highest BCUT2D eigenvalue weighted by atomic mass is 32.2.